The zero-order valence-electron chi connectivity index (χ0n) is 23.5. The molecule has 2 aliphatic carbocycles. The van der Waals surface area contributed by atoms with Gasteiger partial charge in [-0.15, -0.1) is 0 Å². The number of likely N-dealkylation sites (tertiary alicyclic amines) is 1. The van der Waals surface area contributed by atoms with Crippen molar-refractivity contribution in [3.05, 3.63) is 34.1 Å². The molecule has 1 unspecified atom stereocenters. The van der Waals surface area contributed by atoms with Gasteiger partial charge in [0.25, 0.3) is 5.91 Å². The summed E-state index contributed by atoms with van der Waals surface area (Å²) in [5, 5.41) is 3.43. The minimum atomic E-state index is -0.695. The summed E-state index contributed by atoms with van der Waals surface area (Å²) in [5.41, 5.74) is 6.00. The molecule has 0 radical (unpaired) electrons. The number of alkyl halides is 1. The van der Waals surface area contributed by atoms with Gasteiger partial charge in [0.05, 0.1) is 6.10 Å². The van der Waals surface area contributed by atoms with Crippen LogP contribution in [-0.2, 0) is 14.3 Å². The first kappa shape index (κ1) is 27.6. The van der Waals surface area contributed by atoms with Crippen LogP contribution in [0.25, 0.3) is 0 Å². The van der Waals surface area contributed by atoms with E-state index in [1.54, 1.807) is 0 Å². The lowest BCUT2D eigenvalue weighted by Crippen LogP contribution is -2.53. The van der Waals surface area contributed by atoms with Crippen LogP contribution in [0.4, 0.5) is 4.39 Å². The number of halogens is 1. The highest BCUT2D eigenvalue weighted by atomic mass is 19.1. The first-order valence-electron chi connectivity index (χ1n) is 15.0. The van der Waals surface area contributed by atoms with Crippen molar-refractivity contribution >= 4 is 12.2 Å². The summed E-state index contributed by atoms with van der Waals surface area (Å²) in [6.45, 7) is 10.9. The molecule has 0 saturated carbocycles. The minimum absolute atomic E-state index is 0.104. The molecular formula is C31H46FN3O3. The molecule has 210 valence electrons. The van der Waals surface area contributed by atoms with E-state index in [1.165, 1.54) is 16.7 Å². The van der Waals surface area contributed by atoms with Gasteiger partial charge in [-0.05, 0) is 89.2 Å². The molecule has 5 aliphatic rings. The maximum Gasteiger partial charge on any atom is 0.251 e. The third kappa shape index (κ3) is 5.79. The molecule has 3 aliphatic heterocycles. The van der Waals surface area contributed by atoms with Crippen LogP contribution in [0.3, 0.4) is 0 Å². The highest BCUT2D eigenvalue weighted by Gasteiger charge is 2.39. The number of nitrogens with one attached hydrogen (secondary N) is 1. The molecule has 7 heteroatoms. The summed E-state index contributed by atoms with van der Waals surface area (Å²) in [7, 11) is 0. The maximum atomic E-state index is 13.7. The first-order valence-corrected chi connectivity index (χ1v) is 15.0. The summed E-state index contributed by atoms with van der Waals surface area (Å²) in [6, 6.07) is 0.391. The Morgan fingerprint density at radius 1 is 1.16 bits per heavy atom. The average Bonchev–Trinajstić information content (AvgIpc) is 2.90. The monoisotopic (exact) mass is 527 g/mol. The summed E-state index contributed by atoms with van der Waals surface area (Å²) >= 11 is 0. The highest BCUT2D eigenvalue weighted by Crippen LogP contribution is 2.40. The van der Waals surface area contributed by atoms with Crippen molar-refractivity contribution in [1.82, 2.24) is 15.1 Å². The van der Waals surface area contributed by atoms with Crippen LogP contribution < -0.4 is 5.32 Å². The van der Waals surface area contributed by atoms with E-state index in [-0.39, 0.29) is 30.0 Å². The summed E-state index contributed by atoms with van der Waals surface area (Å²) < 4.78 is 20.0. The zero-order chi connectivity index (χ0) is 26.8. The van der Waals surface area contributed by atoms with Crippen LogP contribution >= 0.6 is 0 Å². The molecule has 5 rings (SSSR count). The number of carbonyl (C=O) groups excluding carboxylic acids is 2. The van der Waals surface area contributed by atoms with Crippen molar-refractivity contribution < 1.29 is 18.7 Å². The first-order chi connectivity index (χ1) is 18.4. The Balaban J connectivity index is 1.17. The van der Waals surface area contributed by atoms with E-state index in [0.29, 0.717) is 31.8 Å². The minimum Gasteiger partial charge on any atom is -0.385 e. The topological polar surface area (TPSA) is 61.9 Å². The van der Waals surface area contributed by atoms with Gasteiger partial charge in [-0.2, -0.15) is 0 Å². The Hall–Kier alpha value is -1.99. The standard InChI is InChI=1S/C31H46FN3O3/c1-4-38-29-16-22(15-20(2)30(29)23-5-7-25(32)8-6-23)18-34-12-9-26(10-13-34)35-14-11-28-27(31(35)37)17-24(19-36)21(3)33-28/h5,19,21-22,24-26,29,33H,4,6-18H2,1-3H3/t21-,22-,24?,25-,29-/m0/s1. The number of piperidine rings is 1. The molecule has 1 amide bonds. The van der Waals surface area contributed by atoms with E-state index in [1.807, 2.05) is 6.92 Å². The molecule has 0 aromatic carbocycles. The second kappa shape index (κ2) is 12.0. The Kier molecular flexibility index (Phi) is 8.73. The lowest BCUT2D eigenvalue weighted by molar-refractivity contribution is -0.132. The van der Waals surface area contributed by atoms with E-state index in [9.17, 15) is 14.0 Å². The number of rotatable bonds is 7. The molecule has 38 heavy (non-hydrogen) atoms. The van der Waals surface area contributed by atoms with Crippen LogP contribution in [0.1, 0.15) is 78.6 Å². The van der Waals surface area contributed by atoms with Crippen LogP contribution in [0.2, 0.25) is 0 Å². The predicted octanol–water partition coefficient (Wildman–Crippen LogP) is 4.71. The Morgan fingerprint density at radius 3 is 2.63 bits per heavy atom. The van der Waals surface area contributed by atoms with E-state index < -0.39 is 6.17 Å². The molecular weight excluding hydrogens is 481 g/mol. The van der Waals surface area contributed by atoms with Gasteiger partial charge in [-0.3, -0.25) is 4.79 Å². The van der Waals surface area contributed by atoms with Gasteiger partial charge in [-0.1, -0.05) is 11.6 Å². The van der Waals surface area contributed by atoms with Gasteiger partial charge in [0.15, 0.2) is 0 Å². The molecule has 3 heterocycles. The number of aldehydes is 1. The summed E-state index contributed by atoms with van der Waals surface area (Å²) in [5.74, 6) is 0.584. The van der Waals surface area contributed by atoms with Gasteiger partial charge in [0.2, 0.25) is 0 Å². The fourth-order valence-electron chi connectivity index (χ4n) is 7.59. The number of amides is 1. The smallest absolute Gasteiger partial charge is 0.251 e. The van der Waals surface area contributed by atoms with E-state index in [2.05, 4.69) is 35.0 Å². The number of hydrogen-bond acceptors (Lipinski definition) is 5. The molecule has 6 nitrogen and oxygen atoms in total. The molecule has 1 saturated heterocycles. The third-order valence-electron chi connectivity index (χ3n) is 9.64. The van der Waals surface area contributed by atoms with Crippen LogP contribution in [-0.4, -0.2) is 79.1 Å². The second-order valence-electron chi connectivity index (χ2n) is 12.2. The van der Waals surface area contributed by atoms with Gasteiger partial charge in [0, 0.05) is 68.5 Å². The van der Waals surface area contributed by atoms with Crippen molar-refractivity contribution in [3.8, 4) is 0 Å². The van der Waals surface area contributed by atoms with Gasteiger partial charge in [0.1, 0.15) is 12.5 Å². The number of nitrogens with zero attached hydrogens (tertiary/aromatic N) is 2. The van der Waals surface area contributed by atoms with Crippen LogP contribution in [0.5, 0.6) is 0 Å². The number of carbonyl (C=O) groups is 2. The van der Waals surface area contributed by atoms with Crippen molar-refractivity contribution in [1.29, 1.82) is 0 Å². The Bertz CT molecular complexity index is 996. The lowest BCUT2D eigenvalue weighted by Gasteiger charge is -2.44. The van der Waals surface area contributed by atoms with Gasteiger partial charge in [-0.25, -0.2) is 4.39 Å². The molecule has 1 N–H and O–H groups in total. The van der Waals surface area contributed by atoms with E-state index >= 15 is 0 Å². The highest BCUT2D eigenvalue weighted by molar-refractivity contribution is 5.96. The summed E-state index contributed by atoms with van der Waals surface area (Å²) in [4.78, 5) is 29.6. The molecule has 0 spiro atoms. The number of hydrogen-bond donors (Lipinski definition) is 1. The predicted molar refractivity (Wildman–Crippen MR) is 147 cm³/mol. The molecule has 5 atom stereocenters. The summed E-state index contributed by atoms with van der Waals surface area (Å²) in [6.07, 6.45) is 10.1. The lowest BCUT2D eigenvalue weighted by atomic mass is 9.77. The van der Waals surface area contributed by atoms with Crippen molar-refractivity contribution in [2.24, 2.45) is 11.8 Å². The maximum absolute atomic E-state index is 13.7. The SMILES string of the molecule is CCO[C@H]1C[C@@H](CN2CCC(N3CCC4=C(CC(C=O)[C@H](C)N4)C3=O)CC2)CC(C)=C1C1=CC[C@H](F)CC1. The van der Waals surface area contributed by atoms with Crippen LogP contribution in [0, 0.1) is 11.8 Å². The third-order valence-corrected chi connectivity index (χ3v) is 9.64. The molecule has 0 aromatic heterocycles. The number of ether oxygens (including phenoxy) is 1. The van der Waals surface area contributed by atoms with Gasteiger partial charge < -0.3 is 24.6 Å². The zero-order valence-corrected chi connectivity index (χ0v) is 23.5. The van der Waals surface area contributed by atoms with E-state index in [0.717, 1.165) is 82.3 Å². The Labute approximate surface area is 227 Å². The van der Waals surface area contributed by atoms with Gasteiger partial charge >= 0.3 is 0 Å². The number of allylic oxidation sites excluding steroid dienone is 2. The quantitative estimate of drug-likeness (QED) is 0.486. The van der Waals surface area contributed by atoms with Crippen molar-refractivity contribution in [2.75, 3.05) is 32.8 Å². The molecule has 0 bridgehead atoms. The average molecular weight is 528 g/mol. The fraction of sp³-hybridized carbons (Fsp3) is 0.742. The normalized spacial score (nSPS) is 33.7. The van der Waals surface area contributed by atoms with Crippen LogP contribution in [0.15, 0.2) is 34.1 Å². The Morgan fingerprint density at radius 2 is 1.95 bits per heavy atom. The fourth-order valence-corrected chi connectivity index (χ4v) is 7.59. The molecule has 1 fully saturated rings. The van der Waals surface area contributed by atoms with Crippen molar-refractivity contribution in [3.63, 3.8) is 0 Å². The van der Waals surface area contributed by atoms with E-state index in [4.69, 9.17) is 4.74 Å². The molecule has 0 aromatic rings. The largest absolute Gasteiger partial charge is 0.385 e. The van der Waals surface area contributed by atoms with Crippen molar-refractivity contribution in [2.45, 2.75) is 103 Å². The second-order valence-corrected chi connectivity index (χ2v) is 12.2.